The zero-order valence-electron chi connectivity index (χ0n) is 17.0. The van der Waals surface area contributed by atoms with Crippen molar-refractivity contribution >= 4 is 18.0 Å². The molecule has 2 aromatic carbocycles. The first-order valence-electron chi connectivity index (χ1n) is 10.0. The number of ether oxygens (including phenoxy) is 1. The Bertz CT molecular complexity index is 983. The highest BCUT2D eigenvalue weighted by Crippen LogP contribution is 2.30. The molecule has 2 unspecified atom stereocenters. The second-order valence-electron chi connectivity index (χ2n) is 7.40. The zero-order valence-corrected chi connectivity index (χ0v) is 17.0. The monoisotopic (exact) mass is 426 g/mol. The van der Waals surface area contributed by atoms with Crippen LogP contribution in [0.3, 0.4) is 0 Å². The summed E-state index contributed by atoms with van der Waals surface area (Å²) in [7, 11) is 1.59. The van der Waals surface area contributed by atoms with Crippen molar-refractivity contribution in [3.63, 3.8) is 0 Å². The van der Waals surface area contributed by atoms with Crippen LogP contribution in [0, 0.1) is 5.82 Å². The fraction of sp³-hybridized carbons (Fsp3) is 0.318. The van der Waals surface area contributed by atoms with Crippen molar-refractivity contribution in [3.8, 4) is 5.75 Å². The highest BCUT2D eigenvalue weighted by Gasteiger charge is 2.52. The number of aliphatic imine (C=N–C) groups is 1. The van der Waals surface area contributed by atoms with Gasteiger partial charge in [-0.15, -0.1) is 0 Å². The fourth-order valence-electron chi connectivity index (χ4n) is 3.72. The standard InChI is InChI=1S/C22H23FN4O4/c1-25-19-18(20(29)26(22(25)30)12-5-13-28)27(14-15-8-10-16(23)11-9-15)21(24-19)31-17-6-3-2-4-7-17/h2-4,6-11,18-19,28H,5,12-14H2,1H3. The van der Waals surface area contributed by atoms with E-state index in [1.54, 1.807) is 36.2 Å². The third-order valence-corrected chi connectivity index (χ3v) is 5.31. The lowest BCUT2D eigenvalue weighted by Crippen LogP contribution is -2.65. The zero-order chi connectivity index (χ0) is 22.0. The highest BCUT2D eigenvalue weighted by atomic mass is 19.1. The molecule has 4 rings (SSSR count). The van der Waals surface area contributed by atoms with E-state index in [1.807, 2.05) is 18.2 Å². The van der Waals surface area contributed by atoms with E-state index in [9.17, 15) is 14.0 Å². The number of carbonyl (C=O) groups is 2. The number of likely N-dealkylation sites (N-methyl/N-ethyl adjacent to an activating group) is 1. The molecule has 1 N–H and O–H groups in total. The van der Waals surface area contributed by atoms with Crippen LogP contribution in [0.15, 0.2) is 59.6 Å². The molecule has 0 radical (unpaired) electrons. The molecule has 8 nitrogen and oxygen atoms in total. The summed E-state index contributed by atoms with van der Waals surface area (Å²) in [5.41, 5.74) is 0.765. The highest BCUT2D eigenvalue weighted by molar-refractivity contribution is 6.03. The largest absolute Gasteiger partial charge is 0.426 e. The van der Waals surface area contributed by atoms with Crippen LogP contribution in [0.4, 0.5) is 9.18 Å². The molecule has 0 saturated carbocycles. The quantitative estimate of drug-likeness (QED) is 0.764. The summed E-state index contributed by atoms with van der Waals surface area (Å²) in [4.78, 5) is 34.8. The van der Waals surface area contributed by atoms with E-state index in [0.29, 0.717) is 5.75 Å². The second-order valence-corrected chi connectivity index (χ2v) is 7.40. The number of hydrogen-bond donors (Lipinski definition) is 1. The Morgan fingerprint density at radius 1 is 1.10 bits per heavy atom. The van der Waals surface area contributed by atoms with Crippen LogP contribution in [-0.2, 0) is 11.3 Å². The predicted octanol–water partition coefficient (Wildman–Crippen LogP) is 2.05. The third kappa shape index (κ3) is 4.09. The van der Waals surface area contributed by atoms with E-state index in [-0.39, 0.29) is 38.0 Å². The number of amides is 3. The van der Waals surface area contributed by atoms with E-state index in [0.717, 1.165) is 10.5 Å². The van der Waals surface area contributed by atoms with Gasteiger partial charge in [0.2, 0.25) is 0 Å². The van der Waals surface area contributed by atoms with Crippen LogP contribution in [0.5, 0.6) is 5.75 Å². The summed E-state index contributed by atoms with van der Waals surface area (Å²) in [6.07, 6.45) is -0.459. The molecule has 162 valence electrons. The molecule has 0 aliphatic carbocycles. The number of aliphatic hydroxyl groups is 1. The van der Waals surface area contributed by atoms with Gasteiger partial charge in [-0.25, -0.2) is 14.2 Å². The smallest absolute Gasteiger partial charge is 0.328 e. The summed E-state index contributed by atoms with van der Waals surface area (Å²) in [6, 6.07) is 14.0. The molecule has 0 aromatic heterocycles. The van der Waals surface area contributed by atoms with Crippen LogP contribution in [0.2, 0.25) is 0 Å². The van der Waals surface area contributed by atoms with Crippen molar-refractivity contribution in [2.45, 2.75) is 25.2 Å². The van der Waals surface area contributed by atoms with Gasteiger partial charge in [0.05, 0.1) is 0 Å². The first-order chi connectivity index (χ1) is 15.0. The Morgan fingerprint density at radius 2 is 1.81 bits per heavy atom. The molecule has 1 fully saturated rings. The maximum atomic E-state index is 13.4. The molecule has 0 spiro atoms. The van der Waals surface area contributed by atoms with Gasteiger partial charge in [0.25, 0.3) is 11.9 Å². The van der Waals surface area contributed by atoms with Gasteiger partial charge in [0.1, 0.15) is 11.6 Å². The molecule has 2 aliphatic heterocycles. The summed E-state index contributed by atoms with van der Waals surface area (Å²) in [6.45, 7) is 0.225. The Kier molecular flexibility index (Phi) is 5.85. The number of nitrogens with zero attached hydrogens (tertiary/aromatic N) is 4. The van der Waals surface area contributed by atoms with Crippen LogP contribution < -0.4 is 4.74 Å². The maximum Gasteiger partial charge on any atom is 0.328 e. The molecule has 2 atom stereocenters. The molecule has 2 aliphatic rings. The van der Waals surface area contributed by atoms with Gasteiger partial charge in [-0.2, -0.15) is 0 Å². The topological polar surface area (TPSA) is 85.7 Å². The van der Waals surface area contributed by atoms with Gasteiger partial charge in [-0.1, -0.05) is 30.3 Å². The lowest BCUT2D eigenvalue weighted by Gasteiger charge is -2.41. The van der Waals surface area contributed by atoms with E-state index in [4.69, 9.17) is 9.84 Å². The third-order valence-electron chi connectivity index (χ3n) is 5.31. The number of imide groups is 1. The number of para-hydroxylation sites is 1. The van der Waals surface area contributed by atoms with Crippen LogP contribution in [0.1, 0.15) is 12.0 Å². The number of aliphatic hydroxyl groups excluding tert-OH is 1. The van der Waals surface area contributed by atoms with Crippen molar-refractivity contribution in [2.24, 2.45) is 4.99 Å². The maximum absolute atomic E-state index is 13.4. The number of rotatable bonds is 6. The van der Waals surface area contributed by atoms with Gasteiger partial charge in [0.15, 0.2) is 12.2 Å². The normalized spacial score (nSPS) is 20.7. The minimum atomic E-state index is -0.787. The van der Waals surface area contributed by atoms with Gasteiger partial charge in [-0.3, -0.25) is 9.69 Å². The number of benzene rings is 2. The number of hydrogen-bond acceptors (Lipinski definition) is 6. The number of urea groups is 1. The average Bonchev–Trinajstić information content (AvgIpc) is 3.12. The van der Waals surface area contributed by atoms with E-state index in [2.05, 4.69) is 4.99 Å². The first-order valence-corrected chi connectivity index (χ1v) is 10.0. The molecule has 3 amide bonds. The van der Waals surface area contributed by atoms with Gasteiger partial charge in [-0.05, 0) is 36.2 Å². The number of amidine groups is 1. The number of carbonyl (C=O) groups excluding carboxylic acids is 2. The van der Waals surface area contributed by atoms with Crippen LogP contribution in [-0.4, -0.2) is 70.2 Å². The van der Waals surface area contributed by atoms with Gasteiger partial charge >= 0.3 is 6.03 Å². The molecular weight excluding hydrogens is 403 g/mol. The molecule has 9 heteroatoms. The molecule has 2 heterocycles. The molecule has 31 heavy (non-hydrogen) atoms. The van der Waals surface area contributed by atoms with E-state index >= 15 is 0 Å². The minimum Gasteiger partial charge on any atom is -0.426 e. The summed E-state index contributed by atoms with van der Waals surface area (Å²) in [5, 5.41) is 9.15. The average molecular weight is 426 g/mol. The Hall–Kier alpha value is -3.46. The minimum absolute atomic E-state index is 0.112. The van der Waals surface area contributed by atoms with Crippen LogP contribution in [0.25, 0.3) is 0 Å². The number of fused-ring (bicyclic) bond motifs is 1. The Labute approximate surface area is 179 Å². The predicted molar refractivity (Wildman–Crippen MR) is 111 cm³/mol. The van der Waals surface area contributed by atoms with Crippen molar-refractivity contribution in [2.75, 3.05) is 20.2 Å². The summed E-state index contributed by atoms with van der Waals surface area (Å²) >= 11 is 0. The lowest BCUT2D eigenvalue weighted by molar-refractivity contribution is -0.137. The molecular formula is C22H23FN4O4. The molecule has 0 bridgehead atoms. The SMILES string of the molecule is CN1C(=O)N(CCCO)C(=O)C2C1N=C(Oc1ccccc1)N2Cc1ccc(F)cc1. The summed E-state index contributed by atoms with van der Waals surface area (Å²) < 4.78 is 19.3. The summed E-state index contributed by atoms with van der Waals surface area (Å²) in [5.74, 6) is -0.214. The van der Waals surface area contributed by atoms with Crippen LogP contribution >= 0.6 is 0 Å². The molecule has 2 aromatic rings. The van der Waals surface area contributed by atoms with Gasteiger partial charge < -0.3 is 19.6 Å². The van der Waals surface area contributed by atoms with Crippen molar-refractivity contribution in [3.05, 3.63) is 66.0 Å². The Morgan fingerprint density at radius 3 is 2.48 bits per heavy atom. The van der Waals surface area contributed by atoms with Crippen molar-refractivity contribution < 1.29 is 23.8 Å². The number of halogens is 1. The van der Waals surface area contributed by atoms with Crippen molar-refractivity contribution in [1.82, 2.24) is 14.7 Å². The fourth-order valence-corrected chi connectivity index (χ4v) is 3.72. The lowest BCUT2D eigenvalue weighted by atomic mass is 10.1. The van der Waals surface area contributed by atoms with Gasteiger partial charge in [0, 0.05) is 26.7 Å². The van der Waals surface area contributed by atoms with E-state index in [1.165, 1.54) is 17.0 Å². The van der Waals surface area contributed by atoms with Crippen molar-refractivity contribution in [1.29, 1.82) is 0 Å². The van der Waals surface area contributed by atoms with E-state index < -0.39 is 24.1 Å². The molecule has 1 saturated heterocycles. The Balaban J connectivity index is 1.67. The first kappa shape index (κ1) is 20.8. The second kappa shape index (κ2) is 8.73.